The number of rotatable bonds is 7. The van der Waals surface area contributed by atoms with Crippen LogP contribution in [0.4, 0.5) is 10.7 Å². The van der Waals surface area contributed by atoms with Gasteiger partial charge >= 0.3 is 0 Å². The van der Waals surface area contributed by atoms with Crippen LogP contribution in [0.3, 0.4) is 0 Å². The molecule has 0 saturated heterocycles. The summed E-state index contributed by atoms with van der Waals surface area (Å²) in [6, 6.07) is 32.3. The number of carbonyl (C=O) groups is 1. The highest BCUT2D eigenvalue weighted by Crippen LogP contribution is 2.45. The van der Waals surface area contributed by atoms with Crippen LogP contribution in [0.1, 0.15) is 59.1 Å². The summed E-state index contributed by atoms with van der Waals surface area (Å²) in [5.41, 5.74) is 4.88. The average molecular weight is 573 g/mol. The molecule has 5 heteroatoms. The van der Waals surface area contributed by atoms with Crippen LogP contribution >= 0.6 is 11.3 Å². The molecule has 212 valence electrons. The molecule has 5 aromatic rings. The van der Waals surface area contributed by atoms with E-state index in [1.165, 1.54) is 15.6 Å². The van der Waals surface area contributed by atoms with E-state index < -0.39 is 0 Å². The Labute approximate surface area is 252 Å². The molecule has 0 radical (unpaired) electrons. The van der Waals surface area contributed by atoms with Gasteiger partial charge in [0.15, 0.2) is 0 Å². The fourth-order valence-electron chi connectivity index (χ4n) is 5.77. The molecule has 0 unspecified atom stereocenters. The summed E-state index contributed by atoms with van der Waals surface area (Å²) < 4.78 is 6.34. The quantitative estimate of drug-likeness (QED) is 0.197. The van der Waals surface area contributed by atoms with Crippen molar-refractivity contribution >= 4 is 44.9 Å². The van der Waals surface area contributed by atoms with Crippen LogP contribution in [-0.2, 0) is 19.4 Å². The highest BCUT2D eigenvalue weighted by atomic mass is 32.1. The van der Waals surface area contributed by atoms with Gasteiger partial charge in [-0.2, -0.15) is 0 Å². The normalized spacial score (nSPS) is 15.1. The highest BCUT2D eigenvalue weighted by molar-refractivity contribution is 7.16. The number of ether oxygens (including phenoxy) is 1. The van der Waals surface area contributed by atoms with Gasteiger partial charge in [-0.1, -0.05) is 93.6 Å². The maximum atomic E-state index is 13.7. The van der Waals surface area contributed by atoms with Gasteiger partial charge in [0, 0.05) is 22.3 Å². The number of carbonyl (C=O) groups excluding carboxylic acids is 1. The molecule has 0 spiro atoms. The van der Waals surface area contributed by atoms with E-state index in [0.29, 0.717) is 18.1 Å². The third-order valence-corrected chi connectivity index (χ3v) is 9.40. The zero-order valence-corrected chi connectivity index (χ0v) is 25.2. The lowest BCUT2D eigenvalue weighted by molar-refractivity contribution is 0.102. The van der Waals surface area contributed by atoms with Crippen molar-refractivity contribution in [3.8, 4) is 5.75 Å². The zero-order valence-electron chi connectivity index (χ0n) is 24.4. The Hall–Kier alpha value is -4.22. The Kier molecular flexibility index (Phi) is 7.94. The summed E-state index contributed by atoms with van der Waals surface area (Å²) in [5.74, 6) is 1.24. The molecule has 0 bridgehead atoms. The first-order chi connectivity index (χ1) is 20.4. The number of thiophene rings is 1. The minimum atomic E-state index is -0.0967. The molecule has 0 aliphatic heterocycles. The van der Waals surface area contributed by atoms with Gasteiger partial charge in [-0.05, 0) is 76.8 Å². The summed E-state index contributed by atoms with van der Waals surface area (Å²) in [4.78, 5) is 19.9. The van der Waals surface area contributed by atoms with E-state index in [1.54, 1.807) is 11.3 Å². The van der Waals surface area contributed by atoms with E-state index in [4.69, 9.17) is 9.73 Å². The van der Waals surface area contributed by atoms with E-state index in [2.05, 4.69) is 68.6 Å². The van der Waals surface area contributed by atoms with Gasteiger partial charge in [-0.15, -0.1) is 11.3 Å². The molecule has 1 aromatic heterocycles. The van der Waals surface area contributed by atoms with E-state index in [1.807, 2.05) is 60.8 Å². The lowest BCUT2D eigenvalue weighted by Gasteiger charge is -2.33. The minimum Gasteiger partial charge on any atom is -0.488 e. The summed E-state index contributed by atoms with van der Waals surface area (Å²) >= 11 is 1.66. The lowest BCUT2D eigenvalue weighted by atomic mass is 9.72. The first kappa shape index (κ1) is 27.9. The van der Waals surface area contributed by atoms with Gasteiger partial charge in [-0.25, -0.2) is 4.99 Å². The van der Waals surface area contributed by atoms with Gasteiger partial charge in [0.05, 0.1) is 5.56 Å². The Balaban J connectivity index is 1.30. The van der Waals surface area contributed by atoms with Crippen LogP contribution in [0.2, 0.25) is 0 Å². The molecule has 0 saturated carbocycles. The fraction of sp³-hybridized carbons (Fsp3) is 0.243. The van der Waals surface area contributed by atoms with Crippen LogP contribution in [0.5, 0.6) is 5.75 Å². The van der Waals surface area contributed by atoms with Crippen molar-refractivity contribution in [1.29, 1.82) is 0 Å². The van der Waals surface area contributed by atoms with E-state index in [-0.39, 0.29) is 11.3 Å². The molecular formula is C37H36N2O2S. The number of nitrogens with one attached hydrogen (secondary N) is 1. The molecule has 1 atom stereocenters. The molecule has 4 nitrogen and oxygen atoms in total. The lowest BCUT2D eigenvalue weighted by Crippen LogP contribution is -2.27. The number of aliphatic imine (C=N–C) groups is 1. The number of benzene rings is 4. The van der Waals surface area contributed by atoms with Gasteiger partial charge in [-0.3, -0.25) is 4.79 Å². The van der Waals surface area contributed by atoms with Crippen LogP contribution in [0.15, 0.2) is 102 Å². The van der Waals surface area contributed by atoms with Crippen LogP contribution in [0.25, 0.3) is 10.8 Å². The van der Waals surface area contributed by atoms with E-state index >= 15 is 0 Å². The molecular weight excluding hydrogens is 536 g/mol. The molecule has 1 aliphatic carbocycles. The predicted molar refractivity (Wildman–Crippen MR) is 176 cm³/mol. The number of fused-ring (bicyclic) bond motifs is 2. The second-order valence-corrected chi connectivity index (χ2v) is 13.1. The van der Waals surface area contributed by atoms with E-state index in [9.17, 15) is 4.79 Å². The molecule has 1 amide bonds. The molecule has 1 heterocycles. The SMILES string of the molecule is CC(C)(C)[C@H]1CCc2c(sc(N=Cc3ccccc3OCc3cccc4ccccc34)c2C(=O)Nc2ccccc2)C1. The number of hydrogen-bond donors (Lipinski definition) is 1. The number of hydrogen-bond acceptors (Lipinski definition) is 4. The molecule has 1 N–H and O–H groups in total. The predicted octanol–water partition coefficient (Wildman–Crippen LogP) is 9.63. The van der Waals surface area contributed by atoms with Crippen LogP contribution in [0, 0.1) is 11.3 Å². The van der Waals surface area contributed by atoms with Gasteiger partial charge in [0.2, 0.25) is 0 Å². The Bertz CT molecular complexity index is 1740. The van der Waals surface area contributed by atoms with Crippen molar-refractivity contribution in [2.24, 2.45) is 16.3 Å². The number of para-hydroxylation sites is 2. The second kappa shape index (κ2) is 11.9. The Morgan fingerprint density at radius 2 is 1.69 bits per heavy atom. The van der Waals surface area contributed by atoms with Gasteiger partial charge in [0.1, 0.15) is 17.4 Å². The maximum Gasteiger partial charge on any atom is 0.259 e. The highest BCUT2D eigenvalue weighted by Gasteiger charge is 2.33. The summed E-state index contributed by atoms with van der Waals surface area (Å²) in [6.07, 6.45) is 4.80. The van der Waals surface area contributed by atoms with Crippen molar-refractivity contribution < 1.29 is 9.53 Å². The fourth-order valence-corrected chi connectivity index (χ4v) is 7.04. The van der Waals surface area contributed by atoms with Crippen molar-refractivity contribution in [2.45, 2.75) is 46.6 Å². The van der Waals surface area contributed by atoms with E-state index in [0.717, 1.165) is 52.4 Å². The monoisotopic (exact) mass is 572 g/mol. The Morgan fingerprint density at radius 3 is 2.52 bits per heavy atom. The summed E-state index contributed by atoms with van der Waals surface area (Å²) in [5, 5.41) is 6.26. The van der Waals surface area contributed by atoms with Gasteiger partial charge in [0.25, 0.3) is 5.91 Å². The van der Waals surface area contributed by atoms with Crippen LogP contribution in [-0.4, -0.2) is 12.1 Å². The standard InChI is InChI=1S/C37H36N2O2S/c1-37(2,3)28-20-21-31-33(22-28)42-36(34(31)35(40)39-29-16-5-4-6-17-29)38-23-26-13-8-10-19-32(26)41-24-27-15-11-14-25-12-7-9-18-30(25)27/h4-19,23,28H,20-22,24H2,1-3H3,(H,39,40)/t28-/m0/s1. The molecule has 4 aromatic carbocycles. The van der Waals surface area contributed by atoms with Gasteiger partial charge < -0.3 is 10.1 Å². The Morgan fingerprint density at radius 1 is 0.952 bits per heavy atom. The first-order valence-electron chi connectivity index (χ1n) is 14.6. The average Bonchev–Trinajstić information content (AvgIpc) is 3.37. The summed E-state index contributed by atoms with van der Waals surface area (Å²) in [6.45, 7) is 7.40. The first-order valence-corrected chi connectivity index (χ1v) is 15.4. The second-order valence-electron chi connectivity index (χ2n) is 12.0. The third kappa shape index (κ3) is 6.02. The largest absolute Gasteiger partial charge is 0.488 e. The number of amides is 1. The zero-order chi connectivity index (χ0) is 29.1. The van der Waals surface area contributed by atoms with Crippen molar-refractivity contribution in [3.63, 3.8) is 0 Å². The molecule has 0 fully saturated rings. The molecule has 1 aliphatic rings. The maximum absolute atomic E-state index is 13.7. The van der Waals surface area contributed by atoms with Crippen molar-refractivity contribution in [1.82, 2.24) is 0 Å². The minimum absolute atomic E-state index is 0.0967. The van der Waals surface area contributed by atoms with Crippen LogP contribution < -0.4 is 10.1 Å². The molecule has 42 heavy (non-hydrogen) atoms. The number of anilines is 1. The number of nitrogens with zero attached hydrogens (tertiary/aromatic N) is 1. The summed E-state index contributed by atoms with van der Waals surface area (Å²) in [7, 11) is 0. The third-order valence-electron chi connectivity index (χ3n) is 8.23. The molecule has 6 rings (SSSR count). The van der Waals surface area contributed by atoms with Crippen molar-refractivity contribution in [2.75, 3.05) is 5.32 Å². The van der Waals surface area contributed by atoms with Crippen molar-refractivity contribution in [3.05, 3.63) is 124 Å². The smallest absolute Gasteiger partial charge is 0.259 e. The topological polar surface area (TPSA) is 50.7 Å².